The van der Waals surface area contributed by atoms with Crippen LogP contribution in [0.4, 0.5) is 34.1 Å². The number of benzene rings is 13. The monoisotopic (exact) mass is 1550 g/mol. The molecule has 0 radical (unpaired) electrons. The van der Waals surface area contributed by atoms with Gasteiger partial charge in [0.15, 0.2) is 34.9 Å². The number of fused-ring (bicyclic) bond motifs is 7. The summed E-state index contributed by atoms with van der Waals surface area (Å²) in [7, 11) is 0. The Hall–Kier alpha value is -12.7. The highest BCUT2D eigenvalue weighted by Gasteiger charge is 2.46. The molecule has 3 aromatic heterocycles. The molecule has 9 nitrogen and oxygen atoms in total. The summed E-state index contributed by atoms with van der Waals surface area (Å²) in [4.78, 5) is 36.3. The van der Waals surface area contributed by atoms with Crippen LogP contribution in [0.2, 0.25) is 0 Å². The molecule has 0 atom stereocenters. The van der Waals surface area contributed by atoms with Crippen molar-refractivity contribution in [1.29, 1.82) is 0 Å². The maximum Gasteiger partial charge on any atom is 0.252 e. The molecule has 2 aliphatic rings. The van der Waals surface area contributed by atoms with Crippen molar-refractivity contribution in [1.82, 2.24) is 34.5 Å². The minimum Gasteiger partial charge on any atom is -0.311 e. The van der Waals surface area contributed by atoms with Gasteiger partial charge >= 0.3 is 0 Å². The molecule has 0 aliphatic carbocycles. The molecule has 0 saturated carbocycles. The summed E-state index contributed by atoms with van der Waals surface area (Å²) in [6, 6.07) is 60.1. The molecule has 0 saturated heterocycles. The summed E-state index contributed by atoms with van der Waals surface area (Å²) in [6.45, 7) is 38.5. The van der Waals surface area contributed by atoms with E-state index in [9.17, 15) is 11.0 Å². The maximum absolute atomic E-state index is 9.79. The number of aromatic nitrogens is 7. The number of hydrogen-bond donors (Lipinski definition) is 0. The first-order chi connectivity index (χ1) is 62.5. The van der Waals surface area contributed by atoms with Gasteiger partial charge in [-0.15, -0.1) is 0 Å². The second kappa shape index (κ2) is 28.6. The number of nitrogens with zero attached hydrogens (tertiary/aromatic N) is 9. The molecule has 13 aromatic carbocycles. The van der Waals surface area contributed by atoms with Crippen molar-refractivity contribution in [2.75, 3.05) is 9.80 Å². The van der Waals surface area contributed by atoms with Crippen LogP contribution in [-0.2, 0) is 32.5 Å². The van der Waals surface area contributed by atoms with Crippen molar-refractivity contribution >= 4 is 79.0 Å². The van der Waals surface area contributed by atoms with Crippen LogP contribution >= 0.6 is 0 Å². The van der Waals surface area contributed by atoms with Crippen molar-refractivity contribution in [2.24, 2.45) is 0 Å². The minimum absolute atomic E-state index is 0.00670. The van der Waals surface area contributed by atoms with Gasteiger partial charge in [0, 0.05) is 72.6 Å². The van der Waals surface area contributed by atoms with Gasteiger partial charge in [0.25, 0.3) is 6.71 Å². The van der Waals surface area contributed by atoms with Crippen molar-refractivity contribution in [3.05, 3.63) is 324 Å². The lowest BCUT2D eigenvalue weighted by atomic mass is 9.33. The van der Waals surface area contributed by atoms with E-state index in [4.69, 9.17) is 39.5 Å². The summed E-state index contributed by atoms with van der Waals surface area (Å²) >= 11 is 0. The van der Waals surface area contributed by atoms with E-state index in [2.05, 4.69) is 248 Å². The van der Waals surface area contributed by atoms with Crippen LogP contribution in [-0.4, -0.2) is 41.2 Å². The zero-order chi connectivity index (χ0) is 95.3. The number of hydrogen-bond acceptors (Lipinski definition) is 8. The standard InChI is InChI=1S/C108H102BN9/c1-103(2,3)75-45-52-88-82(62-75)83-63-76(104(4,5)6)46-53-89(83)116(88)81-49-51-87-93(66-81)118(91-55-48-78(106(10,11)12)65-85(91)102-114-99(70-40-30-22-31-41-70)111-100(115-102)71-42-32-23-33-43-71)95-60-74(73-56-79(107(13,14)15)61-80(57-73)108(16,17)18)59-94-96(95)109(87)86-50-44-72(67-34-24-19-25-35-67)58-92(86)117(94)90-54-47-77(105(7,8)9)64-84(90)101-112-97(68-36-26-20-27-37-68)110-98(113-101)69-38-28-21-29-39-69/h19-66H,1-18H3/i19D,22D,23D,24D,25D,30D,31D,32D,33D,34D,35D,40D,41D,42D,43D. The predicted molar refractivity (Wildman–Crippen MR) is 497 cm³/mol. The molecule has 0 amide bonds. The lowest BCUT2D eigenvalue weighted by Gasteiger charge is -2.45. The highest BCUT2D eigenvalue weighted by molar-refractivity contribution is 7.00. The Labute approximate surface area is 717 Å². The summed E-state index contributed by atoms with van der Waals surface area (Å²) in [5, 5.41) is 2.09. The third kappa shape index (κ3) is 14.1. The van der Waals surface area contributed by atoms with Crippen molar-refractivity contribution in [3.63, 3.8) is 0 Å². The van der Waals surface area contributed by atoms with Crippen LogP contribution in [0.3, 0.4) is 0 Å². The van der Waals surface area contributed by atoms with Gasteiger partial charge < -0.3 is 14.4 Å². The maximum atomic E-state index is 9.79. The van der Waals surface area contributed by atoms with Crippen LogP contribution in [0.15, 0.2) is 291 Å². The Kier molecular flexibility index (Phi) is 14.7. The molecule has 18 rings (SSSR count). The minimum atomic E-state index is -0.753. The van der Waals surface area contributed by atoms with E-state index in [-0.39, 0.29) is 34.3 Å². The summed E-state index contributed by atoms with van der Waals surface area (Å²) in [6.07, 6.45) is 0. The quantitative estimate of drug-likeness (QED) is 0.118. The molecule has 0 bridgehead atoms. The molecule has 582 valence electrons. The molecule has 16 aromatic rings. The number of rotatable bonds is 11. The normalized spacial score (nSPS) is 14.9. The predicted octanol–water partition coefficient (Wildman–Crippen LogP) is 26.4. The van der Waals surface area contributed by atoms with E-state index < -0.39 is 130 Å². The van der Waals surface area contributed by atoms with Gasteiger partial charge in [-0.2, -0.15) is 0 Å². The first kappa shape index (κ1) is 60.8. The molecule has 2 aliphatic heterocycles. The third-order valence-corrected chi connectivity index (χ3v) is 23.1. The molecular weight excluding hydrogens is 1430 g/mol. The molecule has 0 N–H and O–H groups in total. The Morgan fingerprint density at radius 1 is 0.254 bits per heavy atom. The lowest BCUT2D eigenvalue weighted by molar-refractivity contribution is 0.569. The molecule has 0 unspecified atom stereocenters. The van der Waals surface area contributed by atoms with Crippen LogP contribution in [0.25, 0.3) is 118 Å². The van der Waals surface area contributed by atoms with Gasteiger partial charge in [0.2, 0.25) is 0 Å². The Morgan fingerprint density at radius 3 is 1.02 bits per heavy atom. The second-order valence-corrected chi connectivity index (χ2v) is 37.5. The average molecular weight is 1550 g/mol. The van der Waals surface area contributed by atoms with Crippen LogP contribution < -0.4 is 26.2 Å². The fourth-order valence-corrected chi connectivity index (χ4v) is 16.4. The first-order valence-electron chi connectivity index (χ1n) is 47.9. The van der Waals surface area contributed by atoms with Crippen molar-refractivity contribution < 1.29 is 20.6 Å². The second-order valence-electron chi connectivity index (χ2n) is 37.5. The van der Waals surface area contributed by atoms with Crippen molar-refractivity contribution in [2.45, 2.75) is 157 Å². The molecule has 10 heteroatoms. The largest absolute Gasteiger partial charge is 0.311 e. The Morgan fingerprint density at radius 2 is 0.602 bits per heavy atom. The van der Waals surface area contributed by atoms with Crippen LogP contribution in [0.1, 0.15) is 179 Å². The summed E-state index contributed by atoms with van der Waals surface area (Å²) in [5.41, 5.74) is 15.7. The average Bonchev–Trinajstić information content (AvgIpc) is 0.931. The van der Waals surface area contributed by atoms with Gasteiger partial charge in [-0.1, -0.05) is 337 Å². The zero-order valence-electron chi connectivity index (χ0n) is 85.2. The molecular formula is C108H102BN9. The summed E-state index contributed by atoms with van der Waals surface area (Å²) < 4.78 is 142. The molecule has 118 heavy (non-hydrogen) atoms. The van der Waals surface area contributed by atoms with Gasteiger partial charge in [-0.3, -0.25) is 0 Å². The van der Waals surface area contributed by atoms with Crippen molar-refractivity contribution in [3.8, 4) is 96.3 Å². The zero-order valence-corrected chi connectivity index (χ0v) is 70.2. The lowest BCUT2D eigenvalue weighted by Crippen LogP contribution is -2.61. The Balaban J connectivity index is 1.06. The van der Waals surface area contributed by atoms with Gasteiger partial charge in [-0.25, -0.2) is 29.9 Å². The summed E-state index contributed by atoms with van der Waals surface area (Å²) in [5.74, 6) is 0.134. The van der Waals surface area contributed by atoms with Crippen LogP contribution in [0, 0.1) is 0 Å². The smallest absolute Gasteiger partial charge is 0.252 e. The highest BCUT2D eigenvalue weighted by Crippen LogP contribution is 2.53. The van der Waals surface area contributed by atoms with Crippen LogP contribution in [0.5, 0.6) is 0 Å². The molecule has 5 heterocycles. The highest BCUT2D eigenvalue weighted by atomic mass is 15.2. The van der Waals surface area contributed by atoms with E-state index in [1.807, 2.05) is 91.0 Å². The van der Waals surface area contributed by atoms with E-state index in [0.29, 0.717) is 68.3 Å². The van der Waals surface area contributed by atoms with E-state index in [1.165, 1.54) is 0 Å². The van der Waals surface area contributed by atoms with E-state index >= 15 is 0 Å². The third-order valence-electron chi connectivity index (χ3n) is 23.1. The number of anilines is 6. The SMILES string of the molecule is [2H]c1c([2H])c([2H])c(-c2ccc3c(c2)N(c2ccc(C(C)(C)C)cc2-c2nc(-c4ccccc4)nc(-c4ccccc4)n2)c2cc(-c4cc(C(C)(C)C)cc(C(C)(C)C)c4)cc4c2B3c2ccc(-n3c5ccc(C(C)(C)C)cc5c5cc(C(C)(C)C)ccc53)cc2N4c2ccc(C(C)(C)C)cc2-c2nc(-c3c([2H])c([2H])c([2H])c([2H])c3[2H])nc(-c3c([2H])c([2H])c([2H])c([2H])c3[2H])n2)c([2H])c1[2H]. The topological polar surface area (TPSA) is 88.8 Å². The fourth-order valence-electron chi connectivity index (χ4n) is 16.4. The van der Waals surface area contributed by atoms with E-state index in [0.717, 1.165) is 99.5 Å². The van der Waals surface area contributed by atoms with Gasteiger partial charge in [-0.05, 0) is 183 Å². The van der Waals surface area contributed by atoms with Gasteiger partial charge in [0.1, 0.15) is 0 Å². The molecule has 0 fully saturated rings. The first-order valence-corrected chi connectivity index (χ1v) is 40.4. The van der Waals surface area contributed by atoms with Gasteiger partial charge in [0.05, 0.1) is 43.0 Å². The molecule has 0 spiro atoms. The fraction of sp³-hybridized carbons (Fsp3) is 0.222. The van der Waals surface area contributed by atoms with E-state index in [1.54, 1.807) is 0 Å². The Bertz CT molecular complexity index is 7270.